The smallest absolute Gasteiger partial charge is 0.210 e. The zero-order valence-corrected chi connectivity index (χ0v) is 10.1. The molecular weight excluding hydrogens is 260 g/mol. The third-order valence-electron chi connectivity index (χ3n) is 1.70. The van der Waals surface area contributed by atoms with E-state index >= 15 is 0 Å². The van der Waals surface area contributed by atoms with Crippen LogP contribution in [-0.4, -0.2) is 17.4 Å². The highest BCUT2D eigenvalue weighted by Crippen LogP contribution is 2.11. The number of benzene rings is 1. The molecule has 0 aliphatic carbocycles. The van der Waals surface area contributed by atoms with Gasteiger partial charge in [-0.05, 0) is 22.4 Å². The van der Waals surface area contributed by atoms with Gasteiger partial charge in [0.05, 0.1) is 6.61 Å². The predicted molar refractivity (Wildman–Crippen MR) is 60.8 cm³/mol. The number of carbonyl (C=O) groups is 1. The lowest BCUT2D eigenvalue weighted by molar-refractivity contribution is -0.292. The molecule has 82 valence electrons. The summed E-state index contributed by atoms with van der Waals surface area (Å²) in [5.41, 5.74) is 0.597. The SMILES string of the molecule is CCCOOC(Br)C(=O)c1ccccc1. The minimum Gasteiger partial charge on any atom is -0.290 e. The molecule has 0 aliphatic rings. The zero-order valence-electron chi connectivity index (χ0n) is 8.48. The van der Waals surface area contributed by atoms with Gasteiger partial charge in [-0.15, -0.1) is 0 Å². The molecule has 0 amide bonds. The quantitative estimate of drug-likeness (QED) is 0.263. The maximum absolute atomic E-state index is 11.7. The Balaban J connectivity index is 2.46. The lowest BCUT2D eigenvalue weighted by Gasteiger charge is -2.08. The maximum Gasteiger partial charge on any atom is 0.210 e. The van der Waals surface area contributed by atoms with Gasteiger partial charge in [0.15, 0.2) is 0 Å². The van der Waals surface area contributed by atoms with Crippen LogP contribution in [0.25, 0.3) is 0 Å². The number of hydrogen-bond acceptors (Lipinski definition) is 3. The summed E-state index contributed by atoms with van der Waals surface area (Å²) >= 11 is 3.11. The van der Waals surface area contributed by atoms with Gasteiger partial charge in [0.2, 0.25) is 10.8 Å². The highest BCUT2D eigenvalue weighted by Gasteiger charge is 2.17. The summed E-state index contributed by atoms with van der Waals surface area (Å²) in [7, 11) is 0. The molecule has 1 aromatic carbocycles. The average molecular weight is 273 g/mol. The predicted octanol–water partition coefficient (Wildman–Crippen LogP) is 2.95. The molecule has 1 unspecified atom stereocenters. The average Bonchev–Trinajstić information content (AvgIpc) is 2.29. The molecule has 1 aromatic rings. The summed E-state index contributed by atoms with van der Waals surface area (Å²) in [5.74, 6) is -0.147. The Labute approximate surface area is 97.4 Å². The first-order valence-electron chi connectivity index (χ1n) is 4.77. The number of hydrogen-bond donors (Lipinski definition) is 0. The first-order valence-corrected chi connectivity index (χ1v) is 5.69. The molecule has 1 atom stereocenters. The molecule has 3 nitrogen and oxygen atoms in total. The molecule has 0 aromatic heterocycles. The Morgan fingerprint density at radius 3 is 2.67 bits per heavy atom. The number of ketones is 1. The zero-order chi connectivity index (χ0) is 11.1. The van der Waals surface area contributed by atoms with Crippen molar-refractivity contribution in [3.63, 3.8) is 0 Å². The van der Waals surface area contributed by atoms with Gasteiger partial charge in [0.25, 0.3) is 0 Å². The first kappa shape index (κ1) is 12.4. The largest absolute Gasteiger partial charge is 0.290 e. The molecule has 0 spiro atoms. The minimum absolute atomic E-state index is 0.147. The van der Waals surface area contributed by atoms with Crippen molar-refractivity contribution >= 4 is 21.7 Å². The third kappa shape index (κ3) is 4.11. The van der Waals surface area contributed by atoms with Crippen LogP contribution in [0.4, 0.5) is 0 Å². The molecule has 1 rings (SSSR count). The van der Waals surface area contributed by atoms with Gasteiger partial charge in [-0.25, -0.2) is 9.78 Å². The van der Waals surface area contributed by atoms with Crippen LogP contribution in [0.5, 0.6) is 0 Å². The van der Waals surface area contributed by atoms with Crippen LogP contribution >= 0.6 is 15.9 Å². The van der Waals surface area contributed by atoms with Crippen molar-refractivity contribution in [3.8, 4) is 0 Å². The van der Waals surface area contributed by atoms with E-state index in [2.05, 4.69) is 15.9 Å². The summed E-state index contributed by atoms with van der Waals surface area (Å²) in [6.07, 6.45) is 0.846. The molecule has 0 saturated heterocycles. The van der Waals surface area contributed by atoms with Gasteiger partial charge >= 0.3 is 0 Å². The van der Waals surface area contributed by atoms with Gasteiger partial charge in [-0.3, -0.25) is 4.79 Å². The Hall–Kier alpha value is -0.710. The second kappa shape index (κ2) is 6.71. The van der Waals surface area contributed by atoms with E-state index in [0.29, 0.717) is 12.2 Å². The number of alkyl halides is 1. The maximum atomic E-state index is 11.7. The summed E-state index contributed by atoms with van der Waals surface area (Å²) in [4.78, 5) is 21.4. The number of Topliss-reactive ketones (excluding diaryl/α,β-unsaturated/α-hetero) is 1. The van der Waals surface area contributed by atoms with Crippen molar-refractivity contribution in [2.45, 2.75) is 18.4 Å². The van der Waals surface area contributed by atoms with Crippen LogP contribution in [0.2, 0.25) is 0 Å². The fourth-order valence-electron chi connectivity index (χ4n) is 0.968. The molecular formula is C11H13BrO3. The van der Waals surface area contributed by atoms with Crippen LogP contribution in [0.1, 0.15) is 23.7 Å². The Bertz CT molecular complexity index is 300. The second-order valence-electron chi connectivity index (χ2n) is 2.96. The fraction of sp³-hybridized carbons (Fsp3) is 0.364. The number of rotatable bonds is 6. The molecule has 0 bridgehead atoms. The van der Waals surface area contributed by atoms with Crippen molar-refractivity contribution < 1.29 is 14.6 Å². The summed E-state index contributed by atoms with van der Waals surface area (Å²) in [5, 5.41) is -0.744. The topological polar surface area (TPSA) is 35.5 Å². The lowest BCUT2D eigenvalue weighted by Crippen LogP contribution is -2.18. The van der Waals surface area contributed by atoms with Gasteiger partial charge in [0, 0.05) is 5.56 Å². The lowest BCUT2D eigenvalue weighted by atomic mass is 10.1. The third-order valence-corrected chi connectivity index (χ3v) is 2.27. The van der Waals surface area contributed by atoms with E-state index in [9.17, 15) is 4.79 Å². The van der Waals surface area contributed by atoms with Crippen LogP contribution in [0.3, 0.4) is 0 Å². The first-order chi connectivity index (χ1) is 7.25. The Morgan fingerprint density at radius 1 is 1.40 bits per heavy atom. The van der Waals surface area contributed by atoms with Crippen molar-refractivity contribution in [1.29, 1.82) is 0 Å². The van der Waals surface area contributed by atoms with Crippen molar-refractivity contribution in [2.24, 2.45) is 0 Å². The van der Waals surface area contributed by atoms with Gasteiger partial charge in [-0.1, -0.05) is 37.3 Å². The van der Waals surface area contributed by atoms with Gasteiger partial charge in [-0.2, -0.15) is 0 Å². The van der Waals surface area contributed by atoms with E-state index in [1.54, 1.807) is 24.3 Å². The van der Waals surface area contributed by atoms with E-state index in [4.69, 9.17) is 9.78 Å². The highest BCUT2D eigenvalue weighted by molar-refractivity contribution is 9.09. The summed E-state index contributed by atoms with van der Waals surface area (Å²) < 4.78 is 0. The summed E-state index contributed by atoms with van der Waals surface area (Å²) in [6, 6.07) is 8.94. The Morgan fingerprint density at radius 2 is 2.07 bits per heavy atom. The molecule has 0 heterocycles. The molecule has 0 radical (unpaired) electrons. The standard InChI is InChI=1S/C11H13BrO3/c1-2-8-14-15-11(12)10(13)9-6-4-3-5-7-9/h3-7,11H,2,8H2,1H3. The minimum atomic E-state index is -0.744. The van der Waals surface area contributed by atoms with Gasteiger partial charge in [0.1, 0.15) is 0 Å². The van der Waals surface area contributed by atoms with E-state index in [0.717, 1.165) is 6.42 Å². The van der Waals surface area contributed by atoms with Crippen LogP contribution < -0.4 is 0 Å². The molecule has 15 heavy (non-hydrogen) atoms. The van der Waals surface area contributed by atoms with E-state index < -0.39 is 5.01 Å². The molecule has 0 aliphatic heterocycles. The fourth-order valence-corrected chi connectivity index (χ4v) is 1.34. The van der Waals surface area contributed by atoms with Crippen LogP contribution in [0.15, 0.2) is 30.3 Å². The van der Waals surface area contributed by atoms with Crippen LogP contribution in [-0.2, 0) is 9.78 Å². The van der Waals surface area contributed by atoms with Crippen molar-refractivity contribution in [3.05, 3.63) is 35.9 Å². The molecule has 0 saturated carbocycles. The number of carbonyl (C=O) groups excluding carboxylic acids is 1. The van der Waals surface area contributed by atoms with E-state index in [1.165, 1.54) is 0 Å². The van der Waals surface area contributed by atoms with Crippen LogP contribution in [0, 0.1) is 0 Å². The van der Waals surface area contributed by atoms with Crippen molar-refractivity contribution in [1.82, 2.24) is 0 Å². The number of halogens is 1. The van der Waals surface area contributed by atoms with E-state index in [-0.39, 0.29) is 5.78 Å². The van der Waals surface area contributed by atoms with Crippen molar-refractivity contribution in [2.75, 3.05) is 6.61 Å². The summed E-state index contributed by atoms with van der Waals surface area (Å²) in [6.45, 7) is 2.44. The molecule has 0 N–H and O–H groups in total. The Kier molecular flexibility index (Phi) is 5.53. The normalized spacial score (nSPS) is 12.4. The van der Waals surface area contributed by atoms with Gasteiger partial charge < -0.3 is 0 Å². The molecule has 4 heteroatoms. The highest BCUT2D eigenvalue weighted by atomic mass is 79.9. The molecule has 0 fully saturated rings. The van der Waals surface area contributed by atoms with E-state index in [1.807, 2.05) is 13.0 Å². The second-order valence-corrected chi connectivity index (χ2v) is 3.80. The monoisotopic (exact) mass is 272 g/mol.